The first kappa shape index (κ1) is 15.6. The Morgan fingerprint density at radius 3 is 2.52 bits per heavy atom. The van der Waals surface area contributed by atoms with E-state index in [0.717, 1.165) is 44.2 Å². The highest BCUT2D eigenvalue weighted by atomic mass is 16.5. The number of nitrogens with zero attached hydrogens (tertiary/aromatic N) is 4. The second-order valence-electron chi connectivity index (χ2n) is 5.51. The third-order valence-electron chi connectivity index (χ3n) is 3.98. The molecule has 1 aliphatic rings. The van der Waals surface area contributed by atoms with E-state index in [2.05, 4.69) is 19.8 Å². The first-order valence-electron chi connectivity index (χ1n) is 7.96. The van der Waals surface area contributed by atoms with E-state index in [4.69, 9.17) is 4.74 Å². The van der Waals surface area contributed by atoms with Crippen LogP contribution >= 0.6 is 0 Å². The number of phenols is 1. The Hall–Kier alpha value is -2.34. The highest BCUT2D eigenvalue weighted by molar-refractivity contribution is 5.45. The first-order chi connectivity index (χ1) is 11.3. The van der Waals surface area contributed by atoms with E-state index < -0.39 is 0 Å². The van der Waals surface area contributed by atoms with Gasteiger partial charge in [-0.3, -0.25) is 4.90 Å². The third-order valence-corrected chi connectivity index (χ3v) is 3.98. The summed E-state index contributed by atoms with van der Waals surface area (Å²) in [7, 11) is 0. The van der Waals surface area contributed by atoms with Crippen LogP contribution in [-0.2, 0) is 6.54 Å². The molecule has 1 aromatic heterocycles. The number of aromatic hydroxyl groups is 1. The molecule has 1 aromatic carbocycles. The second-order valence-corrected chi connectivity index (χ2v) is 5.51. The SMILES string of the molecule is CCOc1cccc(CN2CCN(c3ncccn3)CC2)c1O. The minimum absolute atomic E-state index is 0.253. The molecule has 2 aromatic rings. The smallest absolute Gasteiger partial charge is 0.225 e. The van der Waals surface area contributed by atoms with Gasteiger partial charge in [0.05, 0.1) is 6.61 Å². The van der Waals surface area contributed by atoms with E-state index in [1.807, 2.05) is 25.1 Å². The monoisotopic (exact) mass is 314 g/mol. The molecule has 0 unspecified atom stereocenters. The quantitative estimate of drug-likeness (QED) is 0.909. The highest BCUT2D eigenvalue weighted by Gasteiger charge is 2.20. The lowest BCUT2D eigenvalue weighted by molar-refractivity contribution is 0.243. The summed E-state index contributed by atoms with van der Waals surface area (Å²) in [6.45, 7) is 6.78. The van der Waals surface area contributed by atoms with Crippen molar-refractivity contribution in [3.63, 3.8) is 0 Å². The molecule has 6 nitrogen and oxygen atoms in total. The average Bonchev–Trinajstić information content (AvgIpc) is 2.60. The van der Waals surface area contributed by atoms with Crippen molar-refractivity contribution in [1.29, 1.82) is 0 Å². The van der Waals surface area contributed by atoms with Crippen LogP contribution in [0.3, 0.4) is 0 Å². The molecule has 0 saturated carbocycles. The molecule has 1 N–H and O–H groups in total. The van der Waals surface area contributed by atoms with Crippen LogP contribution in [0.5, 0.6) is 11.5 Å². The molecular formula is C17H22N4O2. The topological polar surface area (TPSA) is 61.7 Å². The summed E-state index contributed by atoms with van der Waals surface area (Å²) in [4.78, 5) is 13.1. The van der Waals surface area contributed by atoms with Gasteiger partial charge in [0, 0.05) is 50.7 Å². The fourth-order valence-corrected chi connectivity index (χ4v) is 2.77. The van der Waals surface area contributed by atoms with Crippen molar-refractivity contribution in [2.45, 2.75) is 13.5 Å². The lowest BCUT2D eigenvalue weighted by Crippen LogP contribution is -2.46. The summed E-state index contributed by atoms with van der Waals surface area (Å²) < 4.78 is 5.45. The zero-order valence-corrected chi connectivity index (χ0v) is 13.4. The largest absolute Gasteiger partial charge is 0.504 e. The average molecular weight is 314 g/mol. The maximum atomic E-state index is 10.3. The lowest BCUT2D eigenvalue weighted by Gasteiger charge is -2.34. The molecule has 23 heavy (non-hydrogen) atoms. The zero-order valence-electron chi connectivity index (χ0n) is 13.4. The number of anilines is 1. The molecule has 122 valence electrons. The summed E-state index contributed by atoms with van der Waals surface area (Å²) in [5, 5.41) is 10.3. The Morgan fingerprint density at radius 1 is 1.09 bits per heavy atom. The summed E-state index contributed by atoms with van der Waals surface area (Å²) in [6.07, 6.45) is 3.54. The van der Waals surface area contributed by atoms with Crippen LogP contribution in [0.4, 0.5) is 5.95 Å². The lowest BCUT2D eigenvalue weighted by atomic mass is 10.1. The van der Waals surface area contributed by atoms with Crippen LogP contribution in [0.15, 0.2) is 36.7 Å². The molecule has 0 atom stereocenters. The molecule has 0 bridgehead atoms. The number of rotatable bonds is 5. The van der Waals surface area contributed by atoms with Gasteiger partial charge in [-0.1, -0.05) is 12.1 Å². The van der Waals surface area contributed by atoms with Crippen molar-refractivity contribution in [3.8, 4) is 11.5 Å². The number of aromatic nitrogens is 2. The number of ether oxygens (including phenoxy) is 1. The standard InChI is InChI=1S/C17H22N4O2/c1-2-23-15-6-3-5-14(16(15)22)13-20-9-11-21(12-10-20)17-18-7-4-8-19-17/h3-8,22H,2,9-13H2,1H3. The summed E-state index contributed by atoms with van der Waals surface area (Å²) in [5.41, 5.74) is 0.903. The van der Waals surface area contributed by atoms with Crippen LogP contribution in [0.1, 0.15) is 12.5 Å². The van der Waals surface area contributed by atoms with Crippen molar-refractivity contribution < 1.29 is 9.84 Å². The normalized spacial score (nSPS) is 15.6. The van der Waals surface area contributed by atoms with E-state index in [1.165, 1.54) is 0 Å². The fraction of sp³-hybridized carbons (Fsp3) is 0.412. The zero-order chi connectivity index (χ0) is 16.1. The Morgan fingerprint density at radius 2 is 1.83 bits per heavy atom. The minimum atomic E-state index is 0.253. The highest BCUT2D eigenvalue weighted by Crippen LogP contribution is 2.30. The van der Waals surface area contributed by atoms with Crippen LogP contribution in [0.25, 0.3) is 0 Å². The number of benzene rings is 1. The van der Waals surface area contributed by atoms with E-state index >= 15 is 0 Å². The molecule has 1 saturated heterocycles. The first-order valence-corrected chi connectivity index (χ1v) is 7.96. The van der Waals surface area contributed by atoms with Crippen molar-refractivity contribution in [3.05, 3.63) is 42.2 Å². The Bertz CT molecular complexity index is 628. The molecule has 1 aliphatic heterocycles. The Balaban J connectivity index is 1.60. The number of phenolic OH excluding ortho intramolecular Hbond substituents is 1. The molecule has 3 rings (SSSR count). The fourth-order valence-electron chi connectivity index (χ4n) is 2.77. The number of piperazine rings is 1. The summed E-state index contributed by atoms with van der Waals surface area (Å²) in [5.74, 6) is 1.60. The molecule has 0 spiro atoms. The van der Waals surface area contributed by atoms with Crippen molar-refractivity contribution >= 4 is 5.95 Å². The van der Waals surface area contributed by atoms with Crippen LogP contribution in [0, 0.1) is 0 Å². The van der Waals surface area contributed by atoms with E-state index in [-0.39, 0.29) is 5.75 Å². The second kappa shape index (κ2) is 7.28. The maximum absolute atomic E-state index is 10.3. The maximum Gasteiger partial charge on any atom is 0.225 e. The molecule has 0 radical (unpaired) electrons. The molecule has 0 amide bonds. The number of hydrogen-bond donors (Lipinski definition) is 1. The van der Waals surface area contributed by atoms with Gasteiger partial charge in [0.25, 0.3) is 0 Å². The number of para-hydroxylation sites is 1. The van der Waals surface area contributed by atoms with Gasteiger partial charge >= 0.3 is 0 Å². The van der Waals surface area contributed by atoms with Crippen LogP contribution < -0.4 is 9.64 Å². The van der Waals surface area contributed by atoms with Crippen molar-refractivity contribution in [2.75, 3.05) is 37.7 Å². The number of hydrogen-bond acceptors (Lipinski definition) is 6. The molecule has 2 heterocycles. The van der Waals surface area contributed by atoms with Gasteiger partial charge in [-0.2, -0.15) is 0 Å². The summed E-state index contributed by atoms with van der Waals surface area (Å²) >= 11 is 0. The van der Waals surface area contributed by atoms with Crippen LogP contribution in [0.2, 0.25) is 0 Å². The van der Waals surface area contributed by atoms with Gasteiger partial charge in [-0.15, -0.1) is 0 Å². The van der Waals surface area contributed by atoms with E-state index in [1.54, 1.807) is 18.5 Å². The summed E-state index contributed by atoms with van der Waals surface area (Å²) in [6, 6.07) is 7.50. The van der Waals surface area contributed by atoms with E-state index in [0.29, 0.717) is 12.4 Å². The van der Waals surface area contributed by atoms with Crippen LogP contribution in [-0.4, -0.2) is 52.8 Å². The molecular weight excluding hydrogens is 292 g/mol. The van der Waals surface area contributed by atoms with Gasteiger partial charge in [-0.05, 0) is 19.1 Å². The molecule has 0 aliphatic carbocycles. The van der Waals surface area contributed by atoms with Crippen molar-refractivity contribution in [1.82, 2.24) is 14.9 Å². The third kappa shape index (κ3) is 3.71. The Kier molecular flexibility index (Phi) is 4.92. The van der Waals surface area contributed by atoms with Gasteiger partial charge < -0.3 is 14.7 Å². The van der Waals surface area contributed by atoms with Crippen molar-refractivity contribution in [2.24, 2.45) is 0 Å². The molecule has 1 fully saturated rings. The molecule has 6 heteroatoms. The van der Waals surface area contributed by atoms with Gasteiger partial charge in [-0.25, -0.2) is 9.97 Å². The minimum Gasteiger partial charge on any atom is -0.504 e. The van der Waals surface area contributed by atoms with Gasteiger partial charge in [0.15, 0.2) is 11.5 Å². The van der Waals surface area contributed by atoms with Gasteiger partial charge in [0.2, 0.25) is 5.95 Å². The van der Waals surface area contributed by atoms with E-state index in [9.17, 15) is 5.11 Å². The Labute approximate surface area is 136 Å². The predicted octanol–water partition coefficient (Wildman–Crippen LogP) is 1.90. The van der Waals surface area contributed by atoms with Gasteiger partial charge in [0.1, 0.15) is 0 Å². The predicted molar refractivity (Wildman–Crippen MR) is 88.8 cm³/mol.